The van der Waals surface area contributed by atoms with Crippen LogP contribution >= 0.6 is 0 Å². The summed E-state index contributed by atoms with van der Waals surface area (Å²) in [5.74, 6) is 0.671. The summed E-state index contributed by atoms with van der Waals surface area (Å²) >= 11 is 0. The summed E-state index contributed by atoms with van der Waals surface area (Å²) in [6, 6.07) is 5.61. The van der Waals surface area contributed by atoms with E-state index < -0.39 is 0 Å². The number of phenolic OH excluding ortho intramolecular Hbond substituents is 2. The molecule has 3 N–H and O–H groups in total. The largest absolute Gasteiger partial charge is 0.504 e. The van der Waals surface area contributed by atoms with E-state index in [1.54, 1.807) is 6.07 Å². The molecule has 1 saturated heterocycles. The standard InChI is InChI=1S/C16H24N2O2/c19-14-7-3-6-13(16(14)20)15(12-4-1-2-5-12)18-10-8-17-9-11-18/h3,6-7,12,15,17,19-20H,1-2,4-5,8-11H2/t15-/m0/s1. The van der Waals surface area contributed by atoms with Gasteiger partial charge < -0.3 is 15.5 Å². The lowest BCUT2D eigenvalue weighted by atomic mass is 9.89. The average molecular weight is 276 g/mol. The molecule has 2 aliphatic rings. The average Bonchev–Trinajstić information content (AvgIpc) is 2.99. The molecule has 0 bridgehead atoms. The Hall–Kier alpha value is -1.26. The molecule has 2 fully saturated rings. The van der Waals surface area contributed by atoms with Gasteiger partial charge in [0.2, 0.25) is 0 Å². The normalized spacial score (nSPS) is 23.0. The van der Waals surface area contributed by atoms with Crippen molar-refractivity contribution in [2.45, 2.75) is 31.7 Å². The number of hydrogen-bond donors (Lipinski definition) is 3. The van der Waals surface area contributed by atoms with Crippen LogP contribution in [0.3, 0.4) is 0 Å². The molecule has 1 aliphatic carbocycles. The summed E-state index contributed by atoms with van der Waals surface area (Å²) in [4.78, 5) is 2.47. The van der Waals surface area contributed by atoms with Crippen LogP contribution in [0.1, 0.15) is 37.3 Å². The Labute approximate surface area is 120 Å². The zero-order valence-corrected chi connectivity index (χ0v) is 11.9. The Kier molecular flexibility index (Phi) is 4.13. The first kappa shape index (κ1) is 13.7. The van der Waals surface area contributed by atoms with Crippen molar-refractivity contribution in [1.82, 2.24) is 10.2 Å². The maximum atomic E-state index is 10.3. The summed E-state index contributed by atoms with van der Waals surface area (Å²) in [6.45, 7) is 4.03. The van der Waals surface area contributed by atoms with Gasteiger partial charge in [0.25, 0.3) is 0 Å². The number of hydrogen-bond acceptors (Lipinski definition) is 4. The van der Waals surface area contributed by atoms with Crippen LogP contribution in [-0.2, 0) is 0 Å². The highest BCUT2D eigenvalue weighted by Gasteiger charge is 2.33. The Morgan fingerprint density at radius 2 is 1.80 bits per heavy atom. The zero-order chi connectivity index (χ0) is 13.9. The van der Waals surface area contributed by atoms with E-state index in [1.165, 1.54) is 25.7 Å². The van der Waals surface area contributed by atoms with Gasteiger partial charge in [0.05, 0.1) is 0 Å². The number of piperazine rings is 1. The van der Waals surface area contributed by atoms with E-state index >= 15 is 0 Å². The first-order valence-electron chi connectivity index (χ1n) is 7.73. The predicted octanol–water partition coefficient (Wildman–Crippen LogP) is 2.23. The van der Waals surface area contributed by atoms with Crippen molar-refractivity contribution >= 4 is 0 Å². The monoisotopic (exact) mass is 276 g/mol. The predicted molar refractivity (Wildman–Crippen MR) is 78.9 cm³/mol. The Bertz CT molecular complexity index is 452. The SMILES string of the molecule is Oc1cccc([C@H](C2CCCC2)N2CCNCC2)c1O. The van der Waals surface area contributed by atoms with Gasteiger partial charge in [-0.3, -0.25) is 4.90 Å². The molecule has 0 spiro atoms. The summed E-state index contributed by atoms with van der Waals surface area (Å²) in [7, 11) is 0. The van der Waals surface area contributed by atoms with Crippen LogP contribution in [0.2, 0.25) is 0 Å². The second-order valence-corrected chi connectivity index (χ2v) is 5.99. The van der Waals surface area contributed by atoms with Crippen molar-refractivity contribution in [3.8, 4) is 11.5 Å². The highest BCUT2D eigenvalue weighted by Crippen LogP contribution is 2.44. The number of benzene rings is 1. The quantitative estimate of drug-likeness (QED) is 0.741. The molecule has 3 rings (SSSR count). The van der Waals surface area contributed by atoms with Gasteiger partial charge in [0.1, 0.15) is 0 Å². The van der Waals surface area contributed by atoms with Crippen LogP contribution in [0.5, 0.6) is 11.5 Å². The molecule has 0 unspecified atom stereocenters. The summed E-state index contributed by atoms with van der Waals surface area (Å²) in [6.07, 6.45) is 5.02. The van der Waals surface area contributed by atoms with Gasteiger partial charge in [-0.15, -0.1) is 0 Å². The van der Waals surface area contributed by atoms with E-state index in [1.807, 2.05) is 12.1 Å². The van der Waals surface area contributed by atoms with Gasteiger partial charge in [-0.05, 0) is 24.8 Å². The van der Waals surface area contributed by atoms with Gasteiger partial charge in [0.15, 0.2) is 11.5 Å². The molecule has 0 aromatic heterocycles. The number of para-hydroxylation sites is 1. The minimum atomic E-state index is 0.000585. The summed E-state index contributed by atoms with van der Waals surface area (Å²) < 4.78 is 0. The molecule has 4 heteroatoms. The van der Waals surface area contributed by atoms with Crippen LogP contribution in [0, 0.1) is 5.92 Å². The van der Waals surface area contributed by atoms with Crippen molar-refractivity contribution in [3.05, 3.63) is 23.8 Å². The fraction of sp³-hybridized carbons (Fsp3) is 0.625. The maximum absolute atomic E-state index is 10.3. The molecule has 0 amide bonds. The van der Waals surface area contributed by atoms with E-state index in [4.69, 9.17) is 0 Å². The summed E-state index contributed by atoms with van der Waals surface area (Å²) in [5, 5.41) is 23.5. The van der Waals surface area contributed by atoms with Crippen molar-refractivity contribution in [2.24, 2.45) is 5.92 Å². The topological polar surface area (TPSA) is 55.7 Å². The van der Waals surface area contributed by atoms with Crippen LogP contribution in [0.15, 0.2) is 18.2 Å². The molecule has 1 aliphatic heterocycles. The van der Waals surface area contributed by atoms with Gasteiger partial charge >= 0.3 is 0 Å². The lowest BCUT2D eigenvalue weighted by molar-refractivity contribution is 0.123. The number of phenols is 2. The van der Waals surface area contributed by atoms with Crippen molar-refractivity contribution in [2.75, 3.05) is 26.2 Å². The number of nitrogens with zero attached hydrogens (tertiary/aromatic N) is 1. The van der Waals surface area contributed by atoms with E-state index in [0.29, 0.717) is 5.92 Å². The molecule has 4 nitrogen and oxygen atoms in total. The summed E-state index contributed by atoms with van der Waals surface area (Å²) in [5.41, 5.74) is 0.902. The lowest BCUT2D eigenvalue weighted by Crippen LogP contribution is -2.46. The van der Waals surface area contributed by atoms with Crippen molar-refractivity contribution < 1.29 is 10.2 Å². The van der Waals surface area contributed by atoms with Crippen LogP contribution in [0.4, 0.5) is 0 Å². The number of aromatic hydroxyl groups is 2. The van der Waals surface area contributed by atoms with Crippen LogP contribution in [-0.4, -0.2) is 41.3 Å². The van der Waals surface area contributed by atoms with E-state index in [0.717, 1.165) is 31.7 Å². The Balaban J connectivity index is 1.93. The molecule has 0 radical (unpaired) electrons. The third-order valence-corrected chi connectivity index (χ3v) is 4.76. The fourth-order valence-corrected chi connectivity index (χ4v) is 3.77. The first-order valence-corrected chi connectivity index (χ1v) is 7.73. The van der Waals surface area contributed by atoms with E-state index in [-0.39, 0.29) is 17.5 Å². The Morgan fingerprint density at radius 3 is 2.50 bits per heavy atom. The van der Waals surface area contributed by atoms with Gasteiger partial charge in [-0.2, -0.15) is 0 Å². The van der Waals surface area contributed by atoms with Gasteiger partial charge in [0, 0.05) is 37.8 Å². The third-order valence-electron chi connectivity index (χ3n) is 4.76. The van der Waals surface area contributed by atoms with E-state index in [2.05, 4.69) is 10.2 Å². The van der Waals surface area contributed by atoms with Gasteiger partial charge in [-0.1, -0.05) is 25.0 Å². The molecular weight excluding hydrogens is 252 g/mol. The molecule has 1 aromatic rings. The fourth-order valence-electron chi connectivity index (χ4n) is 3.77. The molecule has 1 atom stereocenters. The molecule has 110 valence electrons. The van der Waals surface area contributed by atoms with Crippen molar-refractivity contribution in [3.63, 3.8) is 0 Å². The lowest BCUT2D eigenvalue weighted by Gasteiger charge is -2.38. The second-order valence-electron chi connectivity index (χ2n) is 5.99. The second kappa shape index (κ2) is 6.02. The first-order chi connectivity index (χ1) is 9.77. The maximum Gasteiger partial charge on any atom is 0.162 e. The smallest absolute Gasteiger partial charge is 0.162 e. The Morgan fingerprint density at radius 1 is 1.10 bits per heavy atom. The molecule has 1 heterocycles. The molecule has 1 aromatic carbocycles. The van der Waals surface area contributed by atoms with E-state index in [9.17, 15) is 10.2 Å². The minimum absolute atomic E-state index is 0.000585. The molecule has 1 saturated carbocycles. The number of rotatable bonds is 3. The number of nitrogens with one attached hydrogen (secondary N) is 1. The minimum Gasteiger partial charge on any atom is -0.504 e. The van der Waals surface area contributed by atoms with Gasteiger partial charge in [-0.25, -0.2) is 0 Å². The van der Waals surface area contributed by atoms with Crippen LogP contribution < -0.4 is 5.32 Å². The van der Waals surface area contributed by atoms with Crippen molar-refractivity contribution in [1.29, 1.82) is 0 Å². The van der Waals surface area contributed by atoms with Crippen LogP contribution in [0.25, 0.3) is 0 Å². The highest BCUT2D eigenvalue weighted by atomic mass is 16.3. The zero-order valence-electron chi connectivity index (χ0n) is 11.9. The highest BCUT2D eigenvalue weighted by molar-refractivity contribution is 5.46. The molecule has 20 heavy (non-hydrogen) atoms. The third kappa shape index (κ3) is 2.63. The molecular formula is C16H24N2O2.